The Morgan fingerprint density at radius 1 is 1.32 bits per heavy atom. The van der Waals surface area contributed by atoms with E-state index < -0.39 is 5.97 Å². The minimum absolute atomic E-state index is 0.145. The van der Waals surface area contributed by atoms with Crippen LogP contribution in [0.15, 0.2) is 24.4 Å². The number of carboxylic acid groups (broad SMARTS) is 1. The highest BCUT2D eigenvalue weighted by molar-refractivity contribution is 5.94. The lowest BCUT2D eigenvalue weighted by Gasteiger charge is -2.09. The highest BCUT2D eigenvalue weighted by Gasteiger charge is 2.10. The predicted molar refractivity (Wildman–Crippen MR) is 83.0 cm³/mol. The van der Waals surface area contributed by atoms with E-state index in [0.29, 0.717) is 18.5 Å². The first kappa shape index (κ1) is 15.8. The highest BCUT2D eigenvalue weighted by Crippen LogP contribution is 2.18. The zero-order valence-corrected chi connectivity index (χ0v) is 12.9. The van der Waals surface area contributed by atoms with Crippen LogP contribution in [-0.4, -0.2) is 26.8 Å². The van der Waals surface area contributed by atoms with E-state index in [1.165, 1.54) is 12.1 Å². The molecule has 6 nitrogen and oxygen atoms in total. The molecule has 0 saturated carbocycles. The van der Waals surface area contributed by atoms with Crippen molar-refractivity contribution in [3.63, 3.8) is 0 Å². The van der Waals surface area contributed by atoms with Crippen molar-refractivity contribution in [2.24, 2.45) is 7.05 Å². The van der Waals surface area contributed by atoms with Crippen molar-refractivity contribution >= 4 is 17.6 Å². The van der Waals surface area contributed by atoms with Gasteiger partial charge in [0.2, 0.25) is 5.91 Å². The van der Waals surface area contributed by atoms with Gasteiger partial charge in [0.05, 0.1) is 11.3 Å². The molecule has 0 radical (unpaired) electrons. The summed E-state index contributed by atoms with van der Waals surface area (Å²) < 4.78 is 1.73. The maximum absolute atomic E-state index is 12.1. The summed E-state index contributed by atoms with van der Waals surface area (Å²) in [7, 11) is 1.84. The molecule has 2 aromatic rings. The fraction of sp³-hybridized carbons (Fsp3) is 0.312. The first-order chi connectivity index (χ1) is 10.4. The van der Waals surface area contributed by atoms with Crippen molar-refractivity contribution in [2.75, 3.05) is 5.32 Å². The average molecular weight is 301 g/mol. The Morgan fingerprint density at radius 2 is 2.05 bits per heavy atom. The molecule has 1 aromatic heterocycles. The average Bonchev–Trinajstić information content (AvgIpc) is 2.77. The van der Waals surface area contributed by atoms with E-state index in [9.17, 15) is 9.59 Å². The third kappa shape index (κ3) is 3.72. The molecule has 0 saturated heterocycles. The van der Waals surface area contributed by atoms with E-state index in [1.54, 1.807) is 10.7 Å². The van der Waals surface area contributed by atoms with Crippen LogP contribution in [0.25, 0.3) is 0 Å². The van der Waals surface area contributed by atoms with Gasteiger partial charge in [-0.15, -0.1) is 0 Å². The first-order valence-corrected chi connectivity index (χ1v) is 6.99. The van der Waals surface area contributed by atoms with Gasteiger partial charge in [-0.2, -0.15) is 5.10 Å². The summed E-state index contributed by atoms with van der Waals surface area (Å²) in [5.74, 6) is -1.16. The van der Waals surface area contributed by atoms with Gasteiger partial charge < -0.3 is 10.4 Å². The van der Waals surface area contributed by atoms with Gasteiger partial charge in [-0.05, 0) is 43.5 Å². The van der Waals surface area contributed by atoms with Crippen molar-refractivity contribution in [1.82, 2.24) is 9.78 Å². The van der Waals surface area contributed by atoms with Crippen LogP contribution in [0.3, 0.4) is 0 Å². The van der Waals surface area contributed by atoms with Crippen LogP contribution in [0.5, 0.6) is 0 Å². The Kier molecular flexibility index (Phi) is 4.60. The lowest BCUT2D eigenvalue weighted by Crippen LogP contribution is -2.14. The SMILES string of the molecule is Cc1ccc(C(=O)O)cc1NC(=O)CCc1cn(C)nc1C. The van der Waals surface area contributed by atoms with Crippen molar-refractivity contribution in [1.29, 1.82) is 0 Å². The Labute approximate surface area is 128 Å². The van der Waals surface area contributed by atoms with E-state index in [-0.39, 0.29) is 11.5 Å². The smallest absolute Gasteiger partial charge is 0.335 e. The van der Waals surface area contributed by atoms with Gasteiger partial charge in [0.15, 0.2) is 0 Å². The molecule has 116 valence electrons. The minimum atomic E-state index is -1.01. The van der Waals surface area contributed by atoms with Crippen molar-refractivity contribution in [2.45, 2.75) is 26.7 Å². The molecule has 0 aliphatic rings. The Morgan fingerprint density at radius 3 is 2.64 bits per heavy atom. The molecule has 1 aromatic carbocycles. The zero-order valence-electron chi connectivity index (χ0n) is 12.9. The van der Waals surface area contributed by atoms with Crippen LogP contribution in [0.4, 0.5) is 5.69 Å². The van der Waals surface area contributed by atoms with Gasteiger partial charge in [-0.3, -0.25) is 9.48 Å². The van der Waals surface area contributed by atoms with Crippen LogP contribution < -0.4 is 5.32 Å². The number of nitrogens with one attached hydrogen (secondary N) is 1. The molecule has 0 unspecified atom stereocenters. The Hall–Kier alpha value is -2.63. The summed E-state index contributed by atoms with van der Waals surface area (Å²) in [6.07, 6.45) is 2.82. The number of nitrogens with zero attached hydrogens (tertiary/aromatic N) is 2. The van der Waals surface area contributed by atoms with Gasteiger partial charge in [-0.1, -0.05) is 6.07 Å². The number of amides is 1. The molecule has 0 fully saturated rings. The summed E-state index contributed by atoms with van der Waals surface area (Å²) >= 11 is 0. The molecule has 2 rings (SSSR count). The third-order valence-electron chi connectivity index (χ3n) is 3.50. The molecular weight excluding hydrogens is 282 g/mol. The van der Waals surface area contributed by atoms with Gasteiger partial charge in [0.1, 0.15) is 0 Å². The number of aryl methyl sites for hydroxylation is 4. The number of benzene rings is 1. The molecular formula is C16H19N3O3. The fourth-order valence-corrected chi connectivity index (χ4v) is 2.24. The summed E-state index contributed by atoms with van der Waals surface area (Å²) in [6, 6.07) is 4.68. The quantitative estimate of drug-likeness (QED) is 0.887. The molecule has 1 amide bonds. The third-order valence-corrected chi connectivity index (χ3v) is 3.50. The minimum Gasteiger partial charge on any atom is -0.478 e. The molecule has 0 spiro atoms. The number of carboxylic acids is 1. The number of aromatic carboxylic acids is 1. The fourth-order valence-electron chi connectivity index (χ4n) is 2.24. The number of aromatic nitrogens is 2. The second-order valence-corrected chi connectivity index (χ2v) is 5.30. The van der Waals surface area contributed by atoms with Gasteiger partial charge in [0, 0.05) is 25.4 Å². The second kappa shape index (κ2) is 6.43. The van der Waals surface area contributed by atoms with E-state index in [2.05, 4.69) is 10.4 Å². The molecule has 0 atom stereocenters. The van der Waals surface area contributed by atoms with Crippen LogP contribution in [0.1, 0.15) is 33.6 Å². The summed E-state index contributed by atoms with van der Waals surface area (Å²) in [5.41, 5.74) is 3.47. The number of hydrogen-bond acceptors (Lipinski definition) is 3. The van der Waals surface area contributed by atoms with Crippen LogP contribution in [-0.2, 0) is 18.3 Å². The maximum Gasteiger partial charge on any atom is 0.335 e. The predicted octanol–water partition coefficient (Wildman–Crippen LogP) is 2.31. The van der Waals surface area contributed by atoms with Crippen molar-refractivity contribution in [3.8, 4) is 0 Å². The van der Waals surface area contributed by atoms with Crippen molar-refractivity contribution < 1.29 is 14.7 Å². The highest BCUT2D eigenvalue weighted by atomic mass is 16.4. The number of carbonyl (C=O) groups excluding carboxylic acids is 1. The topological polar surface area (TPSA) is 84.2 Å². The van der Waals surface area contributed by atoms with Gasteiger partial charge >= 0.3 is 5.97 Å². The largest absolute Gasteiger partial charge is 0.478 e. The van der Waals surface area contributed by atoms with Crippen LogP contribution >= 0.6 is 0 Å². The van der Waals surface area contributed by atoms with Gasteiger partial charge in [-0.25, -0.2) is 4.79 Å². The standard InChI is InChI=1S/C16H19N3O3/c1-10-4-5-12(16(21)22)8-14(10)17-15(20)7-6-13-9-19(3)18-11(13)2/h4-5,8-9H,6-7H2,1-3H3,(H,17,20)(H,21,22). The Balaban J connectivity index is 2.01. The summed E-state index contributed by atoms with van der Waals surface area (Å²) in [5, 5.41) is 16.0. The van der Waals surface area contributed by atoms with Gasteiger partial charge in [0.25, 0.3) is 0 Å². The van der Waals surface area contributed by atoms with E-state index in [1.807, 2.05) is 27.1 Å². The van der Waals surface area contributed by atoms with Crippen LogP contribution in [0, 0.1) is 13.8 Å². The van der Waals surface area contributed by atoms with Crippen LogP contribution in [0.2, 0.25) is 0 Å². The molecule has 22 heavy (non-hydrogen) atoms. The first-order valence-electron chi connectivity index (χ1n) is 6.99. The summed E-state index contributed by atoms with van der Waals surface area (Å²) in [4.78, 5) is 23.0. The van der Waals surface area contributed by atoms with E-state index in [4.69, 9.17) is 5.11 Å². The molecule has 0 bridgehead atoms. The molecule has 6 heteroatoms. The molecule has 2 N–H and O–H groups in total. The number of hydrogen-bond donors (Lipinski definition) is 2. The zero-order chi connectivity index (χ0) is 16.3. The molecule has 0 aliphatic carbocycles. The lowest BCUT2D eigenvalue weighted by molar-refractivity contribution is -0.116. The number of carbonyl (C=O) groups is 2. The monoisotopic (exact) mass is 301 g/mol. The lowest BCUT2D eigenvalue weighted by atomic mass is 10.1. The number of anilines is 1. The van der Waals surface area contributed by atoms with E-state index >= 15 is 0 Å². The van der Waals surface area contributed by atoms with Crippen molar-refractivity contribution in [3.05, 3.63) is 46.8 Å². The molecule has 1 heterocycles. The second-order valence-electron chi connectivity index (χ2n) is 5.30. The summed E-state index contributed by atoms with van der Waals surface area (Å²) in [6.45, 7) is 3.74. The normalized spacial score (nSPS) is 10.5. The van der Waals surface area contributed by atoms with E-state index in [0.717, 1.165) is 16.8 Å². The maximum atomic E-state index is 12.1. The number of rotatable bonds is 5. The molecule has 0 aliphatic heterocycles. The Bertz CT molecular complexity index is 719.